The Morgan fingerprint density at radius 1 is 0.941 bits per heavy atom. The Hall–Kier alpha value is -4.81. The zero-order chi connectivity index (χ0) is 24.3. The van der Waals surface area contributed by atoms with E-state index in [9.17, 15) is 28.1 Å². The van der Waals surface area contributed by atoms with Crippen LogP contribution < -0.4 is 10.6 Å². The summed E-state index contributed by atoms with van der Waals surface area (Å²) in [6.07, 6.45) is -4.55. The largest absolute Gasteiger partial charge is 0.416 e. The van der Waals surface area contributed by atoms with Gasteiger partial charge in [-0.25, -0.2) is 4.79 Å². The van der Waals surface area contributed by atoms with Crippen LogP contribution in [0, 0.1) is 10.1 Å². The molecule has 10 nitrogen and oxygen atoms in total. The first kappa shape index (κ1) is 22.4. The summed E-state index contributed by atoms with van der Waals surface area (Å²) < 4.78 is 38.7. The highest BCUT2D eigenvalue weighted by atomic mass is 19.4. The van der Waals surface area contributed by atoms with E-state index >= 15 is 0 Å². The molecule has 0 fully saturated rings. The number of nitro groups is 1. The number of halogens is 3. The number of non-ortho nitro benzene ring substituents is 1. The Labute approximate surface area is 189 Å². The van der Waals surface area contributed by atoms with Gasteiger partial charge in [0.15, 0.2) is 0 Å². The quantitative estimate of drug-likeness (QED) is 0.274. The Morgan fingerprint density at radius 2 is 1.68 bits per heavy atom. The third-order valence-corrected chi connectivity index (χ3v) is 4.68. The van der Waals surface area contributed by atoms with Gasteiger partial charge in [-0.3, -0.25) is 10.1 Å². The Kier molecular flexibility index (Phi) is 5.91. The molecular formula is C21H14F3N7O3. The average Bonchev–Trinajstić information content (AvgIpc) is 3.33. The molecule has 1 heterocycles. The van der Waals surface area contributed by atoms with E-state index in [2.05, 4.69) is 31.3 Å². The van der Waals surface area contributed by atoms with Crippen LogP contribution in [0.2, 0.25) is 0 Å². The second-order valence-corrected chi connectivity index (χ2v) is 6.96. The molecule has 0 radical (unpaired) electrons. The number of nitrogens with one attached hydrogen (secondary N) is 3. The van der Waals surface area contributed by atoms with Crippen LogP contribution in [-0.2, 0) is 6.18 Å². The van der Waals surface area contributed by atoms with E-state index < -0.39 is 22.7 Å². The molecular weight excluding hydrogens is 455 g/mol. The second kappa shape index (κ2) is 8.97. The highest BCUT2D eigenvalue weighted by molar-refractivity contribution is 6.00. The number of benzene rings is 3. The molecule has 3 N–H and O–H groups in total. The standard InChI is InChI=1S/C21H14F3N7O3/c22-21(23,24)13-4-2-5-14(10-13)25-20(32)26-15-7-8-17(18(11-15)19-27-29-30-28-19)12-3-1-6-16(9-12)31(33)34/h1-11H,(H2,25,26,32)(H,27,28,29,30). The number of urea groups is 1. The van der Waals surface area contributed by atoms with Crippen LogP contribution >= 0.6 is 0 Å². The molecule has 0 saturated heterocycles. The number of carbonyl (C=O) groups excluding carboxylic acids is 1. The van der Waals surface area contributed by atoms with Crippen molar-refractivity contribution < 1.29 is 22.9 Å². The minimum absolute atomic E-state index is 0.0427. The van der Waals surface area contributed by atoms with Gasteiger partial charge in [-0.05, 0) is 46.7 Å². The van der Waals surface area contributed by atoms with Gasteiger partial charge in [0.2, 0.25) is 5.82 Å². The number of tetrazole rings is 1. The van der Waals surface area contributed by atoms with E-state index in [0.717, 1.165) is 12.1 Å². The monoisotopic (exact) mass is 469 g/mol. The Morgan fingerprint density at radius 3 is 2.35 bits per heavy atom. The summed E-state index contributed by atoms with van der Waals surface area (Å²) in [4.78, 5) is 23.0. The highest BCUT2D eigenvalue weighted by Crippen LogP contribution is 2.34. The van der Waals surface area contributed by atoms with Crippen LogP contribution in [-0.4, -0.2) is 31.6 Å². The van der Waals surface area contributed by atoms with E-state index in [1.807, 2.05) is 0 Å². The van der Waals surface area contributed by atoms with E-state index in [4.69, 9.17) is 0 Å². The first-order valence-electron chi connectivity index (χ1n) is 9.59. The molecule has 3 aromatic carbocycles. The van der Waals surface area contributed by atoms with Gasteiger partial charge in [-0.1, -0.05) is 24.3 Å². The van der Waals surface area contributed by atoms with Crippen molar-refractivity contribution in [3.05, 3.63) is 82.4 Å². The molecule has 0 spiro atoms. The number of hydrogen-bond donors (Lipinski definition) is 3. The summed E-state index contributed by atoms with van der Waals surface area (Å²) in [5.41, 5.74) is 0.677. The number of H-pyrrole nitrogens is 1. The summed E-state index contributed by atoms with van der Waals surface area (Å²) in [6.45, 7) is 0. The summed E-state index contributed by atoms with van der Waals surface area (Å²) in [5, 5.41) is 29.7. The van der Waals surface area contributed by atoms with Crippen molar-refractivity contribution in [1.29, 1.82) is 0 Å². The number of aromatic amines is 1. The van der Waals surface area contributed by atoms with Gasteiger partial charge in [0.25, 0.3) is 5.69 Å². The lowest BCUT2D eigenvalue weighted by Gasteiger charge is -2.13. The third-order valence-electron chi connectivity index (χ3n) is 4.68. The van der Waals surface area contributed by atoms with Crippen molar-refractivity contribution in [2.45, 2.75) is 6.18 Å². The van der Waals surface area contributed by atoms with E-state index in [-0.39, 0.29) is 22.9 Å². The normalized spacial score (nSPS) is 11.1. The zero-order valence-corrected chi connectivity index (χ0v) is 17.0. The Bertz CT molecular complexity index is 1360. The molecule has 0 bridgehead atoms. The topological polar surface area (TPSA) is 139 Å². The number of amides is 2. The van der Waals surface area contributed by atoms with Crippen LogP contribution in [0.25, 0.3) is 22.5 Å². The minimum Gasteiger partial charge on any atom is -0.308 e. The molecule has 0 aliphatic carbocycles. The molecule has 13 heteroatoms. The van der Waals surface area contributed by atoms with E-state index in [1.165, 1.54) is 42.5 Å². The molecule has 0 unspecified atom stereocenters. The van der Waals surface area contributed by atoms with Crippen LogP contribution in [0.3, 0.4) is 0 Å². The van der Waals surface area contributed by atoms with Crippen molar-refractivity contribution in [2.75, 3.05) is 10.6 Å². The number of nitrogens with zero attached hydrogens (tertiary/aromatic N) is 4. The predicted molar refractivity (Wildman–Crippen MR) is 116 cm³/mol. The first-order chi connectivity index (χ1) is 16.2. The molecule has 4 aromatic rings. The third kappa shape index (κ3) is 4.98. The molecule has 4 rings (SSSR count). The van der Waals surface area contributed by atoms with Crippen molar-refractivity contribution >= 4 is 23.1 Å². The number of anilines is 2. The molecule has 2 amide bonds. The maximum atomic E-state index is 12.9. The van der Waals surface area contributed by atoms with Gasteiger partial charge < -0.3 is 10.6 Å². The number of nitro benzene ring substituents is 1. The summed E-state index contributed by atoms with van der Waals surface area (Å²) in [6, 6.07) is 14.0. The van der Waals surface area contributed by atoms with Gasteiger partial charge in [0.05, 0.1) is 10.5 Å². The van der Waals surface area contributed by atoms with Crippen LogP contribution in [0.1, 0.15) is 5.56 Å². The summed E-state index contributed by atoms with van der Waals surface area (Å²) in [7, 11) is 0. The average molecular weight is 469 g/mol. The predicted octanol–water partition coefficient (Wildman–Crippen LogP) is 5.10. The molecule has 0 aliphatic rings. The lowest BCUT2D eigenvalue weighted by atomic mass is 9.98. The fraction of sp³-hybridized carbons (Fsp3) is 0.0476. The summed E-state index contributed by atoms with van der Waals surface area (Å²) in [5.74, 6) is 0.170. The van der Waals surface area contributed by atoms with Crippen LogP contribution in [0.4, 0.5) is 35.0 Å². The molecule has 0 saturated carbocycles. The second-order valence-electron chi connectivity index (χ2n) is 6.96. The fourth-order valence-corrected chi connectivity index (χ4v) is 3.19. The molecule has 34 heavy (non-hydrogen) atoms. The number of hydrogen-bond acceptors (Lipinski definition) is 6. The van der Waals surface area contributed by atoms with Gasteiger partial charge in [0, 0.05) is 29.1 Å². The van der Waals surface area contributed by atoms with Crippen molar-refractivity contribution in [3.8, 4) is 22.5 Å². The lowest BCUT2D eigenvalue weighted by Crippen LogP contribution is -2.20. The molecule has 0 atom stereocenters. The van der Waals surface area contributed by atoms with E-state index in [1.54, 1.807) is 12.1 Å². The molecule has 1 aromatic heterocycles. The van der Waals surface area contributed by atoms with Crippen molar-refractivity contribution in [3.63, 3.8) is 0 Å². The van der Waals surface area contributed by atoms with Gasteiger partial charge in [-0.2, -0.15) is 18.4 Å². The lowest BCUT2D eigenvalue weighted by molar-refractivity contribution is -0.384. The van der Waals surface area contributed by atoms with Crippen LogP contribution in [0.5, 0.6) is 0 Å². The number of alkyl halides is 3. The van der Waals surface area contributed by atoms with Gasteiger partial charge in [-0.15, -0.1) is 10.2 Å². The van der Waals surface area contributed by atoms with E-state index in [0.29, 0.717) is 16.7 Å². The van der Waals surface area contributed by atoms with Crippen LogP contribution in [0.15, 0.2) is 66.7 Å². The number of carbonyl (C=O) groups is 1. The maximum absolute atomic E-state index is 12.9. The number of aromatic nitrogens is 4. The maximum Gasteiger partial charge on any atom is 0.416 e. The number of rotatable bonds is 5. The Balaban J connectivity index is 1.62. The minimum atomic E-state index is -4.55. The first-order valence-corrected chi connectivity index (χ1v) is 9.59. The molecule has 0 aliphatic heterocycles. The smallest absolute Gasteiger partial charge is 0.308 e. The molecule has 172 valence electrons. The van der Waals surface area contributed by atoms with Gasteiger partial charge >= 0.3 is 12.2 Å². The van der Waals surface area contributed by atoms with Crippen molar-refractivity contribution in [2.24, 2.45) is 0 Å². The SMILES string of the molecule is O=C(Nc1cccc(C(F)(F)F)c1)Nc1ccc(-c2cccc([N+](=O)[O-])c2)c(-c2nn[nH]n2)c1. The van der Waals surface area contributed by atoms with Crippen molar-refractivity contribution in [1.82, 2.24) is 20.6 Å². The van der Waals surface area contributed by atoms with Gasteiger partial charge in [0.1, 0.15) is 0 Å². The zero-order valence-electron chi connectivity index (χ0n) is 17.0. The highest BCUT2D eigenvalue weighted by Gasteiger charge is 2.30. The summed E-state index contributed by atoms with van der Waals surface area (Å²) >= 11 is 0. The fourth-order valence-electron chi connectivity index (χ4n) is 3.19.